The maximum atomic E-state index is 5.42. The molecule has 7 heteroatoms. The quantitative estimate of drug-likeness (QED) is 0.729. The van der Waals surface area contributed by atoms with Gasteiger partial charge >= 0.3 is 0 Å². The van der Waals surface area contributed by atoms with Crippen LogP contribution in [-0.2, 0) is 6.61 Å². The van der Waals surface area contributed by atoms with Gasteiger partial charge in [0.15, 0.2) is 18.1 Å². The first-order valence-corrected chi connectivity index (χ1v) is 5.03. The lowest BCUT2D eigenvalue weighted by Crippen LogP contribution is -1.97. The SMILES string of the molecule is Cc1noc(COc2ccc3[nH]cnc3n2)n1. The molecule has 0 spiro atoms. The summed E-state index contributed by atoms with van der Waals surface area (Å²) < 4.78 is 10.3. The van der Waals surface area contributed by atoms with Crippen LogP contribution >= 0.6 is 0 Å². The minimum Gasteiger partial charge on any atom is -0.467 e. The van der Waals surface area contributed by atoms with E-state index in [9.17, 15) is 0 Å². The Kier molecular flexibility index (Phi) is 2.21. The average Bonchev–Trinajstić information content (AvgIpc) is 2.94. The number of imidazole rings is 1. The van der Waals surface area contributed by atoms with Gasteiger partial charge in [-0.25, -0.2) is 4.98 Å². The Morgan fingerprint density at radius 1 is 1.35 bits per heavy atom. The number of rotatable bonds is 3. The fourth-order valence-corrected chi connectivity index (χ4v) is 1.42. The van der Waals surface area contributed by atoms with Crippen LogP contribution in [0.25, 0.3) is 11.2 Å². The smallest absolute Gasteiger partial charge is 0.264 e. The van der Waals surface area contributed by atoms with E-state index in [1.807, 2.05) is 6.07 Å². The molecule has 0 radical (unpaired) electrons. The number of aromatic amines is 1. The van der Waals surface area contributed by atoms with E-state index in [1.165, 1.54) is 0 Å². The number of aryl methyl sites for hydroxylation is 1. The van der Waals surface area contributed by atoms with E-state index in [0.29, 0.717) is 23.2 Å². The van der Waals surface area contributed by atoms with Crippen LogP contribution in [0.15, 0.2) is 23.0 Å². The Morgan fingerprint density at radius 3 is 3.12 bits per heavy atom. The van der Waals surface area contributed by atoms with Gasteiger partial charge in [0, 0.05) is 6.07 Å². The number of fused-ring (bicyclic) bond motifs is 1. The van der Waals surface area contributed by atoms with Crippen LogP contribution in [0.5, 0.6) is 5.88 Å². The Labute approximate surface area is 95.8 Å². The molecule has 0 saturated carbocycles. The first kappa shape index (κ1) is 9.76. The molecule has 0 aliphatic carbocycles. The van der Waals surface area contributed by atoms with E-state index < -0.39 is 0 Å². The van der Waals surface area contributed by atoms with Crippen molar-refractivity contribution >= 4 is 11.2 Å². The summed E-state index contributed by atoms with van der Waals surface area (Å²) in [5.41, 5.74) is 1.48. The molecule has 0 fully saturated rings. The molecule has 0 aliphatic rings. The lowest BCUT2D eigenvalue weighted by atomic mass is 10.4. The summed E-state index contributed by atoms with van der Waals surface area (Å²) in [5.74, 6) is 1.48. The van der Waals surface area contributed by atoms with Crippen molar-refractivity contribution in [1.82, 2.24) is 25.1 Å². The number of ether oxygens (including phenoxy) is 1. The standard InChI is InChI=1S/C10H9N5O2/c1-6-13-9(17-15-6)4-16-8-3-2-7-10(14-8)12-5-11-7/h2-3,5H,4H2,1H3,(H,11,12,14). The third-order valence-electron chi connectivity index (χ3n) is 2.17. The molecule has 0 aromatic carbocycles. The van der Waals surface area contributed by atoms with Gasteiger partial charge in [-0.3, -0.25) is 0 Å². The zero-order valence-electron chi connectivity index (χ0n) is 9.04. The monoisotopic (exact) mass is 231 g/mol. The summed E-state index contributed by atoms with van der Waals surface area (Å²) in [6, 6.07) is 3.60. The highest BCUT2D eigenvalue weighted by molar-refractivity contribution is 5.70. The van der Waals surface area contributed by atoms with Gasteiger partial charge in [0.05, 0.1) is 11.8 Å². The lowest BCUT2D eigenvalue weighted by molar-refractivity contribution is 0.236. The van der Waals surface area contributed by atoms with Gasteiger partial charge in [0.1, 0.15) is 0 Å². The van der Waals surface area contributed by atoms with Gasteiger partial charge < -0.3 is 14.2 Å². The zero-order chi connectivity index (χ0) is 11.7. The number of nitrogens with one attached hydrogen (secondary N) is 1. The second-order valence-corrected chi connectivity index (χ2v) is 3.45. The van der Waals surface area contributed by atoms with Crippen LogP contribution in [0.1, 0.15) is 11.7 Å². The van der Waals surface area contributed by atoms with Crippen molar-refractivity contribution in [2.75, 3.05) is 0 Å². The molecule has 3 aromatic rings. The van der Waals surface area contributed by atoms with Crippen LogP contribution in [0.2, 0.25) is 0 Å². The van der Waals surface area contributed by atoms with Crippen molar-refractivity contribution in [3.8, 4) is 5.88 Å². The summed E-state index contributed by atoms with van der Waals surface area (Å²) >= 11 is 0. The van der Waals surface area contributed by atoms with Gasteiger partial charge in [-0.15, -0.1) is 0 Å². The lowest BCUT2D eigenvalue weighted by Gasteiger charge is -2.00. The number of pyridine rings is 1. The van der Waals surface area contributed by atoms with Crippen LogP contribution in [0.4, 0.5) is 0 Å². The molecular formula is C10H9N5O2. The molecular weight excluding hydrogens is 222 g/mol. The molecule has 17 heavy (non-hydrogen) atoms. The summed E-state index contributed by atoms with van der Waals surface area (Å²) in [5, 5.41) is 3.67. The topological polar surface area (TPSA) is 89.7 Å². The third kappa shape index (κ3) is 1.94. The fraction of sp³-hybridized carbons (Fsp3) is 0.200. The molecule has 7 nitrogen and oxygen atoms in total. The summed E-state index contributed by atoms with van der Waals surface area (Å²) in [6.07, 6.45) is 1.59. The van der Waals surface area contributed by atoms with Gasteiger partial charge in [-0.05, 0) is 13.0 Å². The Hall–Kier alpha value is -2.44. The average molecular weight is 231 g/mol. The van der Waals surface area contributed by atoms with Crippen LogP contribution in [0, 0.1) is 6.92 Å². The highest BCUT2D eigenvalue weighted by Crippen LogP contribution is 2.13. The number of H-pyrrole nitrogens is 1. The molecule has 3 aromatic heterocycles. The first-order chi connectivity index (χ1) is 8.31. The molecule has 0 atom stereocenters. The molecule has 0 bridgehead atoms. The summed E-state index contributed by atoms with van der Waals surface area (Å²) in [4.78, 5) is 15.2. The van der Waals surface area contributed by atoms with Gasteiger partial charge in [-0.2, -0.15) is 9.97 Å². The van der Waals surface area contributed by atoms with E-state index in [1.54, 1.807) is 19.3 Å². The van der Waals surface area contributed by atoms with Gasteiger partial charge in [0.25, 0.3) is 5.89 Å². The van der Waals surface area contributed by atoms with Gasteiger partial charge in [-0.1, -0.05) is 5.16 Å². The molecule has 1 N–H and O–H groups in total. The van der Waals surface area contributed by atoms with E-state index in [4.69, 9.17) is 9.26 Å². The largest absolute Gasteiger partial charge is 0.467 e. The van der Waals surface area contributed by atoms with Crippen LogP contribution < -0.4 is 4.74 Å². The predicted octanol–water partition coefficient (Wildman–Crippen LogP) is 1.23. The Bertz CT molecular complexity index is 645. The number of hydrogen-bond donors (Lipinski definition) is 1. The second-order valence-electron chi connectivity index (χ2n) is 3.45. The molecule has 0 aliphatic heterocycles. The van der Waals surface area contributed by atoms with E-state index in [2.05, 4.69) is 25.1 Å². The first-order valence-electron chi connectivity index (χ1n) is 5.03. The third-order valence-corrected chi connectivity index (χ3v) is 2.17. The minimum absolute atomic E-state index is 0.198. The summed E-state index contributed by atoms with van der Waals surface area (Å²) in [7, 11) is 0. The number of hydrogen-bond acceptors (Lipinski definition) is 6. The predicted molar refractivity (Wildman–Crippen MR) is 57.3 cm³/mol. The maximum absolute atomic E-state index is 5.42. The number of aromatic nitrogens is 5. The highest BCUT2D eigenvalue weighted by Gasteiger charge is 2.05. The van der Waals surface area contributed by atoms with Crippen LogP contribution in [-0.4, -0.2) is 25.1 Å². The normalized spacial score (nSPS) is 10.9. The maximum Gasteiger partial charge on any atom is 0.264 e. The molecule has 0 saturated heterocycles. The van der Waals surface area contributed by atoms with E-state index in [-0.39, 0.29) is 6.61 Å². The van der Waals surface area contributed by atoms with Crippen molar-refractivity contribution in [2.24, 2.45) is 0 Å². The van der Waals surface area contributed by atoms with Crippen molar-refractivity contribution in [3.05, 3.63) is 30.2 Å². The molecule has 3 rings (SSSR count). The molecule has 0 amide bonds. The molecule has 0 unspecified atom stereocenters. The Balaban J connectivity index is 1.76. The van der Waals surface area contributed by atoms with Gasteiger partial charge in [0.2, 0.25) is 5.88 Å². The van der Waals surface area contributed by atoms with E-state index >= 15 is 0 Å². The fourth-order valence-electron chi connectivity index (χ4n) is 1.42. The summed E-state index contributed by atoms with van der Waals surface area (Å²) in [6.45, 7) is 1.95. The van der Waals surface area contributed by atoms with Crippen molar-refractivity contribution in [3.63, 3.8) is 0 Å². The van der Waals surface area contributed by atoms with E-state index in [0.717, 1.165) is 5.52 Å². The minimum atomic E-state index is 0.198. The van der Waals surface area contributed by atoms with Crippen molar-refractivity contribution in [1.29, 1.82) is 0 Å². The Morgan fingerprint density at radius 2 is 2.29 bits per heavy atom. The highest BCUT2D eigenvalue weighted by atomic mass is 16.5. The molecule has 3 heterocycles. The van der Waals surface area contributed by atoms with Crippen LogP contribution in [0.3, 0.4) is 0 Å². The zero-order valence-corrected chi connectivity index (χ0v) is 9.04. The van der Waals surface area contributed by atoms with Crippen molar-refractivity contribution in [2.45, 2.75) is 13.5 Å². The second kappa shape index (κ2) is 3.85. The van der Waals surface area contributed by atoms with Crippen molar-refractivity contribution < 1.29 is 9.26 Å². The molecule has 86 valence electrons. The number of nitrogens with zero attached hydrogens (tertiary/aromatic N) is 4.